The van der Waals surface area contributed by atoms with Crippen LogP contribution in [0.1, 0.15) is 16.0 Å². The number of hydrogen-bond donors (Lipinski definition) is 2. The fourth-order valence-electron chi connectivity index (χ4n) is 2.23. The van der Waals surface area contributed by atoms with Gasteiger partial charge in [-0.1, -0.05) is 29.3 Å². The predicted octanol–water partition coefficient (Wildman–Crippen LogP) is 2.67. The average molecular weight is 324 g/mol. The molecule has 1 aromatic heterocycles. The molecule has 0 saturated carbocycles. The van der Waals surface area contributed by atoms with E-state index in [9.17, 15) is 4.79 Å². The van der Waals surface area contributed by atoms with Gasteiger partial charge >= 0.3 is 0 Å². The van der Waals surface area contributed by atoms with Crippen molar-refractivity contribution in [2.75, 3.05) is 18.9 Å². The van der Waals surface area contributed by atoms with E-state index in [1.54, 1.807) is 11.3 Å². The summed E-state index contributed by atoms with van der Waals surface area (Å²) in [5.41, 5.74) is 3.17. The van der Waals surface area contributed by atoms with Crippen molar-refractivity contribution in [1.29, 1.82) is 0 Å². The Morgan fingerprint density at radius 2 is 2.05 bits per heavy atom. The first kappa shape index (κ1) is 16.0. The predicted molar refractivity (Wildman–Crippen MR) is 89.3 cm³/mol. The van der Waals surface area contributed by atoms with Gasteiger partial charge in [0.15, 0.2) is 6.54 Å². The first-order valence-corrected chi connectivity index (χ1v) is 8.06. The van der Waals surface area contributed by atoms with Gasteiger partial charge < -0.3 is 10.2 Å². The number of quaternary nitrogens is 1. The minimum absolute atomic E-state index is 0.0297. The molecular formula is C16H20ClN2OS+. The fraction of sp³-hybridized carbons (Fsp3) is 0.312. The molecule has 0 aliphatic carbocycles. The normalized spacial score (nSPS) is 12.2. The zero-order valence-electron chi connectivity index (χ0n) is 12.5. The van der Waals surface area contributed by atoms with Gasteiger partial charge in [-0.25, -0.2) is 0 Å². The number of likely N-dealkylation sites (N-methyl/N-ethyl adjacent to an activating group) is 1. The van der Waals surface area contributed by atoms with Gasteiger partial charge in [-0.05, 0) is 37.6 Å². The summed E-state index contributed by atoms with van der Waals surface area (Å²) >= 11 is 7.48. The Morgan fingerprint density at radius 3 is 2.67 bits per heavy atom. The van der Waals surface area contributed by atoms with Crippen molar-refractivity contribution in [3.05, 3.63) is 50.7 Å². The highest BCUT2D eigenvalue weighted by Gasteiger charge is 2.12. The Bertz CT molecular complexity index is 639. The highest BCUT2D eigenvalue weighted by atomic mass is 35.5. The molecule has 0 fully saturated rings. The fourth-order valence-corrected chi connectivity index (χ4v) is 3.43. The summed E-state index contributed by atoms with van der Waals surface area (Å²) in [5.74, 6) is 0.0297. The molecular weight excluding hydrogens is 304 g/mol. The lowest BCUT2D eigenvalue weighted by Crippen LogP contribution is -3.08. The van der Waals surface area contributed by atoms with Gasteiger partial charge in [0, 0.05) is 5.69 Å². The third-order valence-electron chi connectivity index (χ3n) is 3.22. The number of nitrogens with one attached hydrogen (secondary N) is 2. The van der Waals surface area contributed by atoms with E-state index in [-0.39, 0.29) is 5.91 Å². The molecule has 1 atom stereocenters. The molecule has 2 aromatic rings. The van der Waals surface area contributed by atoms with Gasteiger partial charge in [-0.2, -0.15) is 0 Å². The molecule has 0 radical (unpaired) electrons. The number of hydrogen-bond acceptors (Lipinski definition) is 2. The van der Waals surface area contributed by atoms with E-state index in [1.807, 2.05) is 45.2 Å². The van der Waals surface area contributed by atoms with Crippen LogP contribution in [-0.4, -0.2) is 19.5 Å². The first-order chi connectivity index (χ1) is 9.94. The van der Waals surface area contributed by atoms with Crippen LogP contribution in [0.3, 0.4) is 0 Å². The maximum atomic E-state index is 12.1. The molecule has 0 bridgehead atoms. The standard InChI is InChI=1S/C16H19ClN2OS/c1-11-4-6-14(12(2)8-11)18-16(20)10-19(3)9-13-5-7-15(17)21-13/h4-8H,9-10H2,1-3H3,(H,18,20)/p+1. The van der Waals surface area contributed by atoms with Crippen LogP contribution < -0.4 is 10.2 Å². The average Bonchev–Trinajstić information content (AvgIpc) is 2.78. The van der Waals surface area contributed by atoms with E-state index < -0.39 is 0 Å². The van der Waals surface area contributed by atoms with Gasteiger partial charge in [0.2, 0.25) is 0 Å². The van der Waals surface area contributed by atoms with E-state index in [0.717, 1.165) is 27.0 Å². The quantitative estimate of drug-likeness (QED) is 0.871. The minimum Gasteiger partial charge on any atom is -0.325 e. The van der Waals surface area contributed by atoms with Gasteiger partial charge in [0.05, 0.1) is 16.3 Å². The number of anilines is 1. The molecule has 21 heavy (non-hydrogen) atoms. The SMILES string of the molecule is Cc1ccc(NC(=O)C[NH+](C)Cc2ccc(Cl)s2)c(C)c1. The van der Waals surface area contributed by atoms with E-state index in [1.165, 1.54) is 10.4 Å². The van der Waals surface area contributed by atoms with E-state index in [2.05, 4.69) is 11.4 Å². The number of carbonyl (C=O) groups is 1. The summed E-state index contributed by atoms with van der Waals surface area (Å²) in [5, 5.41) is 2.98. The first-order valence-electron chi connectivity index (χ1n) is 6.86. The molecule has 2 rings (SSSR count). The maximum absolute atomic E-state index is 12.1. The number of carbonyl (C=O) groups excluding carboxylic acids is 1. The zero-order valence-corrected chi connectivity index (χ0v) is 14.1. The van der Waals surface area contributed by atoms with Crippen LogP contribution in [0.15, 0.2) is 30.3 Å². The molecule has 1 heterocycles. The van der Waals surface area contributed by atoms with E-state index in [0.29, 0.717) is 6.54 Å². The van der Waals surface area contributed by atoms with Crippen LogP contribution in [0.5, 0.6) is 0 Å². The third kappa shape index (κ3) is 4.84. The number of halogens is 1. The van der Waals surface area contributed by atoms with Crippen molar-refractivity contribution in [2.24, 2.45) is 0 Å². The van der Waals surface area contributed by atoms with Crippen molar-refractivity contribution in [1.82, 2.24) is 0 Å². The van der Waals surface area contributed by atoms with Crippen molar-refractivity contribution in [3.8, 4) is 0 Å². The second-order valence-corrected chi connectivity index (χ2v) is 7.18. The molecule has 1 aromatic carbocycles. The second kappa shape index (κ2) is 7.07. The van der Waals surface area contributed by atoms with Crippen LogP contribution in [0, 0.1) is 13.8 Å². The molecule has 1 amide bonds. The van der Waals surface area contributed by atoms with Gasteiger partial charge in [0.1, 0.15) is 6.54 Å². The number of thiophene rings is 1. The summed E-state index contributed by atoms with van der Waals surface area (Å²) in [4.78, 5) is 14.4. The molecule has 3 nitrogen and oxygen atoms in total. The molecule has 0 aliphatic heterocycles. The molecule has 112 valence electrons. The second-order valence-electron chi connectivity index (χ2n) is 5.38. The highest BCUT2D eigenvalue weighted by molar-refractivity contribution is 7.16. The topological polar surface area (TPSA) is 33.5 Å². The Kier molecular flexibility index (Phi) is 5.39. The summed E-state index contributed by atoms with van der Waals surface area (Å²) in [6.07, 6.45) is 0. The Hall–Kier alpha value is -1.36. The van der Waals surface area contributed by atoms with E-state index in [4.69, 9.17) is 11.6 Å². The Labute approximate surface area is 134 Å². The summed E-state index contributed by atoms with van der Waals surface area (Å²) in [7, 11) is 2.01. The molecule has 0 aliphatic rings. The van der Waals surface area contributed by atoms with Crippen molar-refractivity contribution < 1.29 is 9.69 Å². The smallest absolute Gasteiger partial charge is 0.279 e. The number of benzene rings is 1. The molecule has 1 unspecified atom stereocenters. The van der Waals surface area contributed by atoms with Gasteiger partial charge in [-0.15, -0.1) is 11.3 Å². The third-order valence-corrected chi connectivity index (χ3v) is 4.45. The lowest BCUT2D eigenvalue weighted by Gasteiger charge is -2.14. The highest BCUT2D eigenvalue weighted by Crippen LogP contribution is 2.20. The van der Waals surface area contributed by atoms with Crippen LogP contribution in [-0.2, 0) is 11.3 Å². The summed E-state index contributed by atoms with van der Waals surface area (Å²) < 4.78 is 0.789. The zero-order chi connectivity index (χ0) is 15.4. The van der Waals surface area contributed by atoms with Gasteiger partial charge in [-0.3, -0.25) is 4.79 Å². The molecule has 5 heteroatoms. The van der Waals surface area contributed by atoms with E-state index >= 15 is 0 Å². The molecule has 0 spiro atoms. The molecule has 0 saturated heterocycles. The maximum Gasteiger partial charge on any atom is 0.279 e. The molecule has 2 N–H and O–H groups in total. The lowest BCUT2D eigenvalue weighted by atomic mass is 10.1. The number of aryl methyl sites for hydroxylation is 2. The van der Waals surface area contributed by atoms with Crippen LogP contribution in [0.2, 0.25) is 4.34 Å². The van der Waals surface area contributed by atoms with Crippen LogP contribution in [0.4, 0.5) is 5.69 Å². The van der Waals surface area contributed by atoms with Crippen molar-refractivity contribution in [3.63, 3.8) is 0 Å². The Morgan fingerprint density at radius 1 is 1.29 bits per heavy atom. The monoisotopic (exact) mass is 323 g/mol. The van der Waals surface area contributed by atoms with Crippen LogP contribution >= 0.6 is 22.9 Å². The summed E-state index contributed by atoms with van der Waals surface area (Å²) in [6.45, 7) is 5.29. The lowest BCUT2D eigenvalue weighted by molar-refractivity contribution is -0.884. The largest absolute Gasteiger partial charge is 0.325 e. The Balaban J connectivity index is 1.89. The minimum atomic E-state index is 0.0297. The summed E-state index contributed by atoms with van der Waals surface area (Å²) in [6, 6.07) is 9.94. The van der Waals surface area contributed by atoms with Crippen molar-refractivity contribution in [2.45, 2.75) is 20.4 Å². The number of amides is 1. The van der Waals surface area contributed by atoms with Crippen molar-refractivity contribution >= 4 is 34.5 Å². The van der Waals surface area contributed by atoms with Crippen LogP contribution in [0.25, 0.3) is 0 Å². The number of rotatable bonds is 5. The van der Waals surface area contributed by atoms with Gasteiger partial charge in [0.25, 0.3) is 5.91 Å².